The van der Waals surface area contributed by atoms with Crippen LogP contribution in [0.3, 0.4) is 0 Å². The van der Waals surface area contributed by atoms with E-state index in [1.165, 1.54) is 28.4 Å². The summed E-state index contributed by atoms with van der Waals surface area (Å²) in [7, 11) is 4.03. The van der Waals surface area contributed by atoms with Gasteiger partial charge in [-0.3, -0.25) is 19.8 Å². The molecule has 26 heavy (non-hydrogen) atoms. The van der Waals surface area contributed by atoms with Crippen molar-refractivity contribution in [3.8, 4) is 0 Å². The van der Waals surface area contributed by atoms with Gasteiger partial charge in [0.15, 0.2) is 5.13 Å². The number of hydrogen-bond donors (Lipinski definition) is 1. The number of likely N-dealkylation sites (N-methyl/N-ethyl adjacent to an activating group) is 1. The Morgan fingerprint density at radius 3 is 2.65 bits per heavy atom. The predicted octanol–water partition coefficient (Wildman–Crippen LogP) is 2.37. The van der Waals surface area contributed by atoms with Crippen molar-refractivity contribution in [2.45, 2.75) is 6.92 Å². The van der Waals surface area contributed by atoms with Crippen LogP contribution in [0.4, 0.5) is 10.1 Å². The first kappa shape index (κ1) is 18.4. The maximum Gasteiger partial charge on any atom is 0.324 e. The third-order valence-electron chi connectivity index (χ3n) is 3.90. The van der Waals surface area contributed by atoms with Gasteiger partial charge in [0, 0.05) is 6.07 Å². The fourth-order valence-corrected chi connectivity index (χ4v) is 4.32. The van der Waals surface area contributed by atoms with E-state index in [4.69, 9.17) is 0 Å². The van der Waals surface area contributed by atoms with Crippen LogP contribution in [0.1, 0.15) is 15.2 Å². The lowest BCUT2D eigenvalue weighted by atomic mass is 10.2. The number of fused-ring (bicyclic) bond motifs is 1. The van der Waals surface area contributed by atoms with E-state index in [0.717, 1.165) is 33.7 Å². The van der Waals surface area contributed by atoms with E-state index in [-0.39, 0.29) is 10.9 Å². The number of carbonyl (C=O) groups is 1. The lowest BCUT2D eigenvalue weighted by Gasteiger charge is -2.19. The maximum atomic E-state index is 13.0. The number of para-hydroxylation sites is 1. The van der Waals surface area contributed by atoms with Crippen molar-refractivity contribution < 1.29 is 14.6 Å². The summed E-state index contributed by atoms with van der Waals surface area (Å²) in [5.74, 6) is -0.249. The molecule has 0 aliphatic heterocycles. The largest absolute Gasteiger partial charge is 0.338 e. The molecule has 9 heteroatoms. The smallest absolute Gasteiger partial charge is 0.324 e. The van der Waals surface area contributed by atoms with Crippen LogP contribution in [0.25, 0.3) is 10.2 Å². The number of aromatic nitrogens is 1. The zero-order valence-electron chi connectivity index (χ0n) is 14.7. The zero-order chi connectivity index (χ0) is 18.8. The van der Waals surface area contributed by atoms with E-state index in [1.807, 2.05) is 39.2 Å². The number of nitrogens with one attached hydrogen (secondary N) is 1. The molecule has 2 aromatic heterocycles. The SMILES string of the molecule is Cc1cccc2sc(N(CC[NH+](C)C)C(=O)c3ccc([N+](=O)[O-])s3)nc12. The number of thiophene rings is 1. The van der Waals surface area contributed by atoms with Crippen LogP contribution in [-0.2, 0) is 0 Å². The highest BCUT2D eigenvalue weighted by Gasteiger charge is 2.25. The number of carbonyl (C=O) groups excluding carboxylic acids is 1. The molecule has 3 rings (SSSR count). The molecule has 3 aromatic rings. The van der Waals surface area contributed by atoms with E-state index >= 15 is 0 Å². The number of nitrogens with zero attached hydrogens (tertiary/aromatic N) is 3. The van der Waals surface area contributed by atoms with Crippen LogP contribution in [0.15, 0.2) is 30.3 Å². The highest BCUT2D eigenvalue weighted by molar-refractivity contribution is 7.22. The zero-order valence-corrected chi connectivity index (χ0v) is 16.3. The standard InChI is InChI=1S/C17H18N4O3S2/c1-11-5-4-6-12-15(11)18-17(26-12)20(10-9-19(2)3)16(22)13-7-8-14(25-13)21(23)24/h4-8H,9-10H2,1-3H3/p+1. The first-order chi connectivity index (χ1) is 12.4. The third kappa shape index (κ3) is 3.74. The van der Waals surface area contributed by atoms with Gasteiger partial charge in [0.1, 0.15) is 0 Å². The van der Waals surface area contributed by atoms with Crippen LogP contribution >= 0.6 is 22.7 Å². The summed E-state index contributed by atoms with van der Waals surface area (Å²) < 4.78 is 1.02. The molecular weight excluding hydrogens is 372 g/mol. The average Bonchev–Trinajstić information content (AvgIpc) is 3.22. The second-order valence-electron chi connectivity index (χ2n) is 6.23. The molecule has 0 spiro atoms. The van der Waals surface area contributed by atoms with Gasteiger partial charge in [0.05, 0.1) is 47.2 Å². The Morgan fingerprint density at radius 2 is 2.04 bits per heavy atom. The number of anilines is 1. The second kappa shape index (κ2) is 7.48. The number of quaternary nitrogens is 1. The summed E-state index contributed by atoms with van der Waals surface area (Å²) >= 11 is 2.36. The number of thiazole rings is 1. The first-order valence-electron chi connectivity index (χ1n) is 8.08. The van der Waals surface area contributed by atoms with Gasteiger partial charge in [-0.25, -0.2) is 4.98 Å². The Kier molecular flexibility index (Phi) is 5.30. The van der Waals surface area contributed by atoms with Crippen LogP contribution < -0.4 is 9.80 Å². The summed E-state index contributed by atoms with van der Waals surface area (Å²) in [6, 6.07) is 8.83. The summed E-state index contributed by atoms with van der Waals surface area (Å²) in [5.41, 5.74) is 1.95. The minimum Gasteiger partial charge on any atom is -0.338 e. The Morgan fingerprint density at radius 1 is 1.27 bits per heavy atom. The Bertz CT molecular complexity index is 964. The van der Waals surface area contributed by atoms with Gasteiger partial charge in [-0.05, 0) is 24.6 Å². The molecule has 0 saturated carbocycles. The van der Waals surface area contributed by atoms with Crippen molar-refractivity contribution in [1.82, 2.24) is 4.98 Å². The van der Waals surface area contributed by atoms with Crippen molar-refractivity contribution >= 4 is 48.9 Å². The van der Waals surface area contributed by atoms with Gasteiger partial charge in [0.25, 0.3) is 5.91 Å². The molecule has 0 radical (unpaired) electrons. The third-order valence-corrected chi connectivity index (χ3v) is 5.97. The van der Waals surface area contributed by atoms with E-state index in [9.17, 15) is 14.9 Å². The molecule has 0 fully saturated rings. The molecule has 0 bridgehead atoms. The molecule has 136 valence electrons. The van der Waals surface area contributed by atoms with Crippen molar-refractivity contribution in [2.75, 3.05) is 32.1 Å². The minimum absolute atomic E-state index is 0.0355. The number of nitro groups is 1. The molecule has 1 amide bonds. The second-order valence-corrected chi connectivity index (χ2v) is 8.30. The lowest BCUT2D eigenvalue weighted by Crippen LogP contribution is -3.06. The van der Waals surface area contributed by atoms with Crippen molar-refractivity contribution in [1.29, 1.82) is 0 Å². The number of rotatable bonds is 6. The molecule has 7 nitrogen and oxygen atoms in total. The van der Waals surface area contributed by atoms with Crippen LogP contribution in [0.5, 0.6) is 0 Å². The fourth-order valence-electron chi connectivity index (χ4n) is 2.48. The number of aryl methyl sites for hydroxylation is 1. The fraction of sp³-hybridized carbons (Fsp3) is 0.294. The topological polar surface area (TPSA) is 80.8 Å². The van der Waals surface area contributed by atoms with Crippen molar-refractivity contribution in [3.05, 3.63) is 50.9 Å². The molecular formula is C17H19N4O3S2+. The van der Waals surface area contributed by atoms with Crippen LogP contribution in [0, 0.1) is 17.0 Å². The quantitative estimate of drug-likeness (QED) is 0.517. The first-order valence-corrected chi connectivity index (χ1v) is 9.71. The maximum absolute atomic E-state index is 13.0. The van der Waals surface area contributed by atoms with Crippen molar-refractivity contribution in [3.63, 3.8) is 0 Å². The van der Waals surface area contributed by atoms with Crippen molar-refractivity contribution in [2.24, 2.45) is 0 Å². The van der Waals surface area contributed by atoms with E-state index in [0.29, 0.717) is 16.6 Å². The van der Waals surface area contributed by atoms with Gasteiger partial charge in [-0.2, -0.15) is 0 Å². The molecule has 0 atom stereocenters. The lowest BCUT2D eigenvalue weighted by molar-refractivity contribution is -0.856. The van der Waals surface area contributed by atoms with Gasteiger partial charge < -0.3 is 4.90 Å². The van der Waals surface area contributed by atoms with Crippen LogP contribution in [0.2, 0.25) is 0 Å². The predicted molar refractivity (Wildman–Crippen MR) is 105 cm³/mol. The summed E-state index contributed by atoms with van der Waals surface area (Å²) in [4.78, 5) is 31.3. The summed E-state index contributed by atoms with van der Waals surface area (Å²) in [5, 5.41) is 11.5. The molecule has 1 aromatic carbocycles. The minimum atomic E-state index is -0.475. The molecule has 2 heterocycles. The van der Waals surface area contributed by atoms with Gasteiger partial charge >= 0.3 is 5.00 Å². The highest BCUT2D eigenvalue weighted by atomic mass is 32.1. The van der Waals surface area contributed by atoms with E-state index in [1.54, 1.807) is 4.90 Å². The molecule has 0 aliphatic carbocycles. The monoisotopic (exact) mass is 391 g/mol. The Hall–Kier alpha value is -2.36. The van der Waals surface area contributed by atoms with Crippen LogP contribution in [-0.4, -0.2) is 43.0 Å². The van der Waals surface area contributed by atoms with Gasteiger partial charge in [-0.15, -0.1) is 0 Å². The summed E-state index contributed by atoms with van der Waals surface area (Å²) in [6.07, 6.45) is 0. The van der Waals surface area contributed by atoms with E-state index in [2.05, 4.69) is 4.98 Å². The molecule has 0 saturated heterocycles. The summed E-state index contributed by atoms with van der Waals surface area (Å²) in [6.45, 7) is 3.23. The molecule has 0 unspecified atom stereocenters. The number of hydrogen-bond acceptors (Lipinski definition) is 6. The highest BCUT2D eigenvalue weighted by Crippen LogP contribution is 2.32. The molecule has 1 N–H and O–H groups in total. The number of benzene rings is 1. The van der Waals surface area contributed by atoms with E-state index < -0.39 is 4.92 Å². The van der Waals surface area contributed by atoms with Gasteiger partial charge in [-0.1, -0.05) is 34.8 Å². The van der Waals surface area contributed by atoms with Gasteiger partial charge in [0.2, 0.25) is 0 Å². The Labute approximate surface area is 158 Å². The Balaban J connectivity index is 1.98. The molecule has 0 aliphatic rings. The normalized spacial score (nSPS) is 11.2. The average molecular weight is 391 g/mol. The number of amides is 1.